The van der Waals surface area contributed by atoms with Crippen molar-refractivity contribution in [2.24, 2.45) is 5.92 Å². The predicted molar refractivity (Wildman–Crippen MR) is 136 cm³/mol. The predicted octanol–water partition coefficient (Wildman–Crippen LogP) is 4.42. The number of nitrogens with one attached hydrogen (secondary N) is 1. The smallest absolute Gasteiger partial charge is 0.354 e. The van der Waals surface area contributed by atoms with Crippen molar-refractivity contribution in [1.82, 2.24) is 10.2 Å². The molecule has 0 bridgehead atoms. The van der Waals surface area contributed by atoms with Gasteiger partial charge in [0.05, 0.1) is 17.5 Å². The van der Waals surface area contributed by atoms with Gasteiger partial charge in [-0.1, -0.05) is 48.0 Å². The standard InChI is InChI=1S/C24H29BrF3N3O4S/c1-16(2)13-29-23(33)17(3)30(14-18-7-5-9-20(25)11-18)22(32)15-31(36(4,34)35)21-10-6-8-19(12-21)24(26,27)28/h5-12,16-17H,13-15H2,1-4H3,(H,29,33)/t17-/m0/s1. The third-order valence-corrected chi connectivity index (χ3v) is 6.87. The van der Waals surface area contributed by atoms with Gasteiger partial charge in [-0.3, -0.25) is 13.9 Å². The van der Waals surface area contributed by atoms with Crippen LogP contribution in [-0.2, 0) is 32.3 Å². The summed E-state index contributed by atoms with van der Waals surface area (Å²) in [6.45, 7) is 4.91. The molecule has 2 aromatic carbocycles. The first-order chi connectivity index (χ1) is 16.6. The van der Waals surface area contributed by atoms with Crippen molar-refractivity contribution >= 4 is 43.5 Å². The molecule has 2 amide bonds. The van der Waals surface area contributed by atoms with Crippen molar-refractivity contribution in [3.05, 3.63) is 64.1 Å². The number of nitrogens with zero attached hydrogens (tertiary/aromatic N) is 2. The first-order valence-electron chi connectivity index (χ1n) is 11.1. The molecule has 12 heteroatoms. The summed E-state index contributed by atoms with van der Waals surface area (Å²) in [6.07, 6.45) is -3.89. The Labute approximate surface area is 217 Å². The van der Waals surface area contributed by atoms with E-state index in [-0.39, 0.29) is 18.2 Å². The molecule has 198 valence electrons. The minimum absolute atomic E-state index is 0.0191. The van der Waals surface area contributed by atoms with E-state index in [1.807, 2.05) is 13.8 Å². The van der Waals surface area contributed by atoms with E-state index >= 15 is 0 Å². The number of carbonyl (C=O) groups is 2. The number of alkyl halides is 3. The third-order valence-electron chi connectivity index (χ3n) is 5.23. The molecule has 2 aromatic rings. The van der Waals surface area contributed by atoms with Gasteiger partial charge in [-0.2, -0.15) is 13.2 Å². The maximum Gasteiger partial charge on any atom is 0.416 e. The molecule has 7 nitrogen and oxygen atoms in total. The van der Waals surface area contributed by atoms with Crippen LogP contribution in [0.15, 0.2) is 53.0 Å². The second kappa shape index (κ2) is 12.1. The SMILES string of the molecule is CC(C)CNC(=O)[C@H](C)N(Cc1cccc(Br)c1)C(=O)CN(c1cccc(C(F)(F)F)c1)S(C)(=O)=O. The van der Waals surface area contributed by atoms with Crippen LogP contribution >= 0.6 is 15.9 Å². The highest BCUT2D eigenvalue weighted by Crippen LogP contribution is 2.32. The summed E-state index contributed by atoms with van der Waals surface area (Å²) < 4.78 is 66.1. The van der Waals surface area contributed by atoms with Gasteiger partial charge in [-0.25, -0.2) is 8.42 Å². The van der Waals surface area contributed by atoms with Crippen molar-refractivity contribution in [1.29, 1.82) is 0 Å². The van der Waals surface area contributed by atoms with Crippen molar-refractivity contribution in [3.8, 4) is 0 Å². The largest absolute Gasteiger partial charge is 0.416 e. The Morgan fingerprint density at radius 2 is 1.69 bits per heavy atom. The maximum atomic E-state index is 13.4. The van der Waals surface area contributed by atoms with Crippen LogP contribution in [0.5, 0.6) is 0 Å². The Bertz CT molecular complexity index is 1190. The second-order valence-corrected chi connectivity index (χ2v) is 11.6. The monoisotopic (exact) mass is 591 g/mol. The number of benzene rings is 2. The topological polar surface area (TPSA) is 86.8 Å². The summed E-state index contributed by atoms with van der Waals surface area (Å²) in [7, 11) is -4.15. The minimum atomic E-state index is -4.70. The molecule has 0 radical (unpaired) electrons. The molecule has 1 N–H and O–H groups in total. The number of amides is 2. The Morgan fingerprint density at radius 3 is 2.25 bits per heavy atom. The number of rotatable bonds is 10. The van der Waals surface area contributed by atoms with Gasteiger partial charge in [-0.15, -0.1) is 0 Å². The van der Waals surface area contributed by atoms with Crippen molar-refractivity contribution in [2.45, 2.75) is 39.5 Å². The molecule has 0 saturated carbocycles. The molecule has 0 spiro atoms. The van der Waals surface area contributed by atoms with Gasteiger partial charge >= 0.3 is 6.18 Å². The summed E-state index contributed by atoms with van der Waals surface area (Å²) in [5, 5.41) is 2.75. The molecule has 36 heavy (non-hydrogen) atoms. The first-order valence-corrected chi connectivity index (χ1v) is 13.7. The van der Waals surface area contributed by atoms with Crippen LogP contribution in [-0.4, -0.2) is 50.5 Å². The maximum absolute atomic E-state index is 13.4. The van der Waals surface area contributed by atoms with Gasteiger partial charge in [0.2, 0.25) is 21.8 Å². The first kappa shape index (κ1) is 29.6. The fraction of sp³-hybridized carbons (Fsp3) is 0.417. The highest BCUT2D eigenvalue weighted by Gasteiger charge is 2.33. The quantitative estimate of drug-likeness (QED) is 0.443. The molecule has 0 aliphatic rings. The fourth-order valence-electron chi connectivity index (χ4n) is 3.32. The number of hydrogen-bond acceptors (Lipinski definition) is 4. The Morgan fingerprint density at radius 1 is 1.06 bits per heavy atom. The zero-order chi connectivity index (χ0) is 27.3. The highest BCUT2D eigenvalue weighted by molar-refractivity contribution is 9.10. The van der Waals surface area contributed by atoms with E-state index in [1.54, 1.807) is 24.3 Å². The Kier molecular flexibility index (Phi) is 9.95. The van der Waals surface area contributed by atoms with Crippen LogP contribution in [0.4, 0.5) is 18.9 Å². The normalized spacial score (nSPS) is 12.8. The highest BCUT2D eigenvalue weighted by atomic mass is 79.9. The number of sulfonamides is 1. The fourth-order valence-corrected chi connectivity index (χ4v) is 4.61. The Hall–Kier alpha value is -2.60. The van der Waals surface area contributed by atoms with Crippen molar-refractivity contribution in [2.75, 3.05) is 23.7 Å². The Balaban J connectivity index is 2.42. The molecular formula is C24H29BrF3N3O4S. The van der Waals surface area contributed by atoms with Crippen LogP contribution in [0.2, 0.25) is 0 Å². The van der Waals surface area contributed by atoms with Gasteiger partial charge in [0.15, 0.2) is 0 Å². The summed E-state index contributed by atoms with van der Waals surface area (Å²) in [6, 6.07) is 9.79. The van der Waals surface area contributed by atoms with E-state index in [9.17, 15) is 31.2 Å². The third kappa shape index (κ3) is 8.51. The number of carbonyl (C=O) groups excluding carboxylic acids is 2. The molecule has 1 atom stereocenters. The molecular weight excluding hydrogens is 563 g/mol. The lowest BCUT2D eigenvalue weighted by molar-refractivity contribution is -0.139. The lowest BCUT2D eigenvalue weighted by atomic mass is 10.1. The summed E-state index contributed by atoms with van der Waals surface area (Å²) in [5.41, 5.74) is -0.681. The molecule has 0 aliphatic heterocycles. The van der Waals surface area contributed by atoms with Crippen LogP contribution < -0.4 is 9.62 Å². The van der Waals surface area contributed by atoms with Crippen LogP contribution in [0.3, 0.4) is 0 Å². The zero-order valence-corrected chi connectivity index (χ0v) is 22.7. The molecule has 0 aromatic heterocycles. The van der Waals surface area contributed by atoms with E-state index in [0.29, 0.717) is 22.5 Å². The molecule has 0 heterocycles. The van der Waals surface area contributed by atoms with Crippen molar-refractivity contribution < 1.29 is 31.2 Å². The number of anilines is 1. The molecule has 0 unspecified atom stereocenters. The summed E-state index contributed by atoms with van der Waals surface area (Å²) >= 11 is 3.35. The van der Waals surface area contributed by atoms with Gasteiger partial charge in [0.25, 0.3) is 0 Å². The average Bonchev–Trinajstić information content (AvgIpc) is 2.77. The van der Waals surface area contributed by atoms with Gasteiger partial charge in [0, 0.05) is 17.6 Å². The van der Waals surface area contributed by atoms with Crippen LogP contribution in [0, 0.1) is 5.92 Å². The van der Waals surface area contributed by atoms with Crippen LogP contribution in [0.1, 0.15) is 31.9 Å². The molecule has 0 fully saturated rings. The molecule has 0 aliphatic carbocycles. The average molecular weight is 592 g/mol. The zero-order valence-electron chi connectivity index (χ0n) is 20.3. The van der Waals surface area contributed by atoms with Gasteiger partial charge in [-0.05, 0) is 48.7 Å². The lowest BCUT2D eigenvalue weighted by Crippen LogP contribution is -2.51. The van der Waals surface area contributed by atoms with E-state index in [4.69, 9.17) is 0 Å². The van der Waals surface area contributed by atoms with E-state index in [2.05, 4.69) is 21.2 Å². The second-order valence-electron chi connectivity index (χ2n) is 8.78. The molecule has 0 saturated heterocycles. The summed E-state index contributed by atoms with van der Waals surface area (Å²) in [4.78, 5) is 27.4. The number of hydrogen-bond donors (Lipinski definition) is 1. The van der Waals surface area contributed by atoms with Gasteiger partial charge < -0.3 is 10.2 Å². The van der Waals surface area contributed by atoms with E-state index in [1.165, 1.54) is 17.9 Å². The van der Waals surface area contributed by atoms with Crippen molar-refractivity contribution in [3.63, 3.8) is 0 Å². The van der Waals surface area contributed by atoms with Gasteiger partial charge in [0.1, 0.15) is 12.6 Å². The van der Waals surface area contributed by atoms with Crippen LogP contribution in [0.25, 0.3) is 0 Å². The lowest BCUT2D eigenvalue weighted by Gasteiger charge is -2.31. The summed E-state index contributed by atoms with van der Waals surface area (Å²) in [5.74, 6) is -1.01. The minimum Gasteiger partial charge on any atom is -0.354 e. The molecule has 2 rings (SSSR count). The van der Waals surface area contributed by atoms with E-state index in [0.717, 1.165) is 22.9 Å². The van der Waals surface area contributed by atoms with E-state index < -0.39 is 46.2 Å². The number of halogens is 4.